The largest absolute Gasteiger partial charge is 1.00 e. The van der Waals surface area contributed by atoms with Crippen molar-refractivity contribution >= 4 is 0 Å². The molecule has 0 bridgehead atoms. The highest BCUT2D eigenvalue weighted by atomic mass is 79.9. The fraction of sp³-hybridized carbons (Fsp3) is 1.00. The molecule has 1 atom stereocenters. The van der Waals surface area contributed by atoms with Crippen LogP contribution < -0.4 is 22.7 Å². The molecule has 1 heterocycles. The van der Waals surface area contributed by atoms with Crippen LogP contribution in [0.4, 0.5) is 0 Å². The summed E-state index contributed by atoms with van der Waals surface area (Å²) in [7, 11) is 0. The van der Waals surface area contributed by atoms with Gasteiger partial charge < -0.3 is 27.5 Å². The van der Waals surface area contributed by atoms with Crippen molar-refractivity contribution in [2.24, 2.45) is 0 Å². The molecule has 1 rings (SSSR count). The number of hydrogen-bond donors (Lipinski definition) is 1. The molecule has 0 saturated carbocycles. The highest BCUT2D eigenvalue weighted by Gasteiger charge is 2.62. The summed E-state index contributed by atoms with van der Waals surface area (Å²) in [5.41, 5.74) is 3.74. The lowest BCUT2D eigenvalue weighted by molar-refractivity contribution is -0.465. The van der Waals surface area contributed by atoms with E-state index in [4.69, 9.17) is 4.74 Å². The number of rotatable bonds is 0. The molecule has 3 N–H and O–H groups in total. The highest BCUT2D eigenvalue weighted by molar-refractivity contribution is 4.96. The van der Waals surface area contributed by atoms with Gasteiger partial charge in [-0.15, -0.1) is 0 Å². The maximum absolute atomic E-state index is 5.18. The first kappa shape index (κ1) is 8.40. The average Bonchev–Trinajstić information content (AvgIpc) is 1.63. The van der Waals surface area contributed by atoms with Gasteiger partial charge in [0.05, 0.1) is 0 Å². The lowest BCUT2D eigenvalue weighted by atomic mass is 10.1. The summed E-state index contributed by atoms with van der Waals surface area (Å²) in [6.07, 6.45) is 0. The summed E-state index contributed by atoms with van der Waals surface area (Å²) < 4.78 is 5.18. The fourth-order valence-corrected chi connectivity index (χ4v) is 0.538. The molecule has 3 heteroatoms. The Bertz CT molecular complexity index is 88.6. The number of quaternary nitrogens is 1. The molecule has 0 aromatic carbocycles. The van der Waals surface area contributed by atoms with Crippen LogP contribution in [0, 0.1) is 0 Å². The van der Waals surface area contributed by atoms with Crippen molar-refractivity contribution in [2.75, 3.05) is 0 Å². The number of hydrogen-bond acceptors (Lipinski definition) is 1. The van der Waals surface area contributed by atoms with Crippen molar-refractivity contribution in [3.8, 4) is 0 Å². The van der Waals surface area contributed by atoms with Crippen LogP contribution in [-0.4, -0.2) is 11.3 Å². The van der Waals surface area contributed by atoms with Crippen LogP contribution in [0.3, 0.4) is 0 Å². The van der Waals surface area contributed by atoms with Gasteiger partial charge in [0.25, 0.3) is 0 Å². The molecule has 1 unspecified atom stereocenters. The van der Waals surface area contributed by atoms with Crippen LogP contribution in [0.15, 0.2) is 0 Å². The first-order chi connectivity index (χ1) is 2.96. The standard InChI is InChI=1S/C5H11NO.BrH/c1-4(2)5(3,6)7-4;/h6H2,1-3H3;1H. The van der Waals surface area contributed by atoms with Gasteiger partial charge in [-0.2, -0.15) is 0 Å². The highest BCUT2D eigenvalue weighted by Crippen LogP contribution is 2.40. The zero-order chi connectivity index (χ0) is 5.71. The van der Waals surface area contributed by atoms with Crippen LogP contribution in [0.1, 0.15) is 20.8 Å². The molecule has 0 radical (unpaired) electrons. The monoisotopic (exact) mass is 181 g/mol. The lowest BCUT2D eigenvalue weighted by Crippen LogP contribution is -3.00. The van der Waals surface area contributed by atoms with Crippen LogP contribution >= 0.6 is 0 Å². The molecule has 0 amide bonds. The molecule has 0 spiro atoms. The van der Waals surface area contributed by atoms with Crippen molar-refractivity contribution in [3.05, 3.63) is 0 Å². The van der Waals surface area contributed by atoms with Crippen LogP contribution in [-0.2, 0) is 4.74 Å². The summed E-state index contributed by atoms with van der Waals surface area (Å²) >= 11 is 0. The molecule has 1 aliphatic heterocycles. The first-order valence-corrected chi connectivity index (χ1v) is 2.51. The summed E-state index contributed by atoms with van der Waals surface area (Å²) in [5.74, 6) is 0. The topological polar surface area (TPSA) is 40.2 Å². The molecular formula is C5H12BrNO. The average molecular weight is 182 g/mol. The third-order valence-electron chi connectivity index (χ3n) is 1.71. The van der Waals surface area contributed by atoms with Gasteiger partial charge in [0.1, 0.15) is 5.60 Å². The quantitative estimate of drug-likeness (QED) is 0.393. The fourth-order valence-electron chi connectivity index (χ4n) is 0.538. The van der Waals surface area contributed by atoms with Crippen LogP contribution in [0.5, 0.6) is 0 Å². The lowest BCUT2D eigenvalue weighted by Gasteiger charge is -1.91. The van der Waals surface area contributed by atoms with Crippen molar-refractivity contribution in [2.45, 2.75) is 32.1 Å². The Hall–Kier alpha value is 0.400. The Morgan fingerprint density at radius 2 is 1.38 bits per heavy atom. The van der Waals surface area contributed by atoms with Gasteiger partial charge in [0, 0.05) is 6.92 Å². The van der Waals surface area contributed by atoms with Crippen molar-refractivity contribution in [3.63, 3.8) is 0 Å². The Labute approximate surface area is 60.2 Å². The SMILES string of the molecule is CC1(C)OC1(C)[NH3+].[Br-]. The summed E-state index contributed by atoms with van der Waals surface area (Å²) in [4.78, 5) is 0. The van der Waals surface area contributed by atoms with Gasteiger partial charge >= 0.3 is 0 Å². The molecule has 1 aliphatic rings. The third-order valence-corrected chi connectivity index (χ3v) is 1.71. The van der Waals surface area contributed by atoms with E-state index < -0.39 is 0 Å². The van der Waals surface area contributed by atoms with E-state index in [1.165, 1.54) is 0 Å². The second kappa shape index (κ2) is 1.69. The van der Waals surface area contributed by atoms with Crippen molar-refractivity contribution in [1.29, 1.82) is 0 Å². The minimum atomic E-state index is -0.104. The molecule has 0 aliphatic carbocycles. The van der Waals surface area contributed by atoms with Gasteiger partial charge in [-0.1, -0.05) is 0 Å². The minimum absolute atomic E-state index is 0. The smallest absolute Gasteiger partial charge is 0.225 e. The van der Waals surface area contributed by atoms with E-state index in [1.54, 1.807) is 0 Å². The summed E-state index contributed by atoms with van der Waals surface area (Å²) in [5, 5.41) is 0. The number of ether oxygens (including phenoxy) is 1. The summed E-state index contributed by atoms with van der Waals surface area (Å²) in [6, 6.07) is 0. The van der Waals surface area contributed by atoms with E-state index in [0.717, 1.165) is 0 Å². The third kappa shape index (κ3) is 1.04. The first-order valence-electron chi connectivity index (χ1n) is 2.51. The molecule has 8 heavy (non-hydrogen) atoms. The van der Waals surface area contributed by atoms with Crippen LogP contribution in [0.2, 0.25) is 0 Å². The van der Waals surface area contributed by atoms with Gasteiger partial charge in [0.15, 0.2) is 0 Å². The van der Waals surface area contributed by atoms with Gasteiger partial charge in [-0.3, -0.25) is 0 Å². The molecule has 1 fully saturated rings. The van der Waals surface area contributed by atoms with E-state index in [9.17, 15) is 0 Å². The van der Waals surface area contributed by atoms with Gasteiger partial charge in [-0.05, 0) is 13.8 Å². The Morgan fingerprint density at radius 3 is 1.38 bits per heavy atom. The molecule has 1 saturated heterocycles. The van der Waals surface area contributed by atoms with Crippen molar-refractivity contribution < 1.29 is 27.5 Å². The normalized spacial score (nSPS) is 40.5. The second-order valence-electron chi connectivity index (χ2n) is 2.84. The molecule has 0 aromatic heterocycles. The zero-order valence-electron chi connectivity index (χ0n) is 5.49. The molecular weight excluding hydrogens is 170 g/mol. The predicted octanol–water partition coefficient (Wildman–Crippen LogP) is -3.24. The maximum Gasteiger partial charge on any atom is 0.225 e. The number of epoxide rings is 1. The van der Waals surface area contributed by atoms with Gasteiger partial charge in [-0.25, -0.2) is 0 Å². The Kier molecular flexibility index (Phi) is 1.77. The summed E-state index contributed by atoms with van der Waals surface area (Å²) in [6.45, 7) is 6.08. The van der Waals surface area contributed by atoms with Crippen LogP contribution in [0.25, 0.3) is 0 Å². The van der Waals surface area contributed by atoms with E-state index in [1.807, 2.05) is 20.8 Å². The molecule has 2 nitrogen and oxygen atoms in total. The number of halogens is 1. The Morgan fingerprint density at radius 1 is 1.25 bits per heavy atom. The van der Waals surface area contributed by atoms with E-state index in [0.29, 0.717) is 0 Å². The maximum atomic E-state index is 5.18. The second-order valence-corrected chi connectivity index (χ2v) is 2.84. The van der Waals surface area contributed by atoms with Gasteiger partial charge in [0.2, 0.25) is 5.72 Å². The van der Waals surface area contributed by atoms with Crippen molar-refractivity contribution in [1.82, 2.24) is 0 Å². The zero-order valence-corrected chi connectivity index (χ0v) is 7.08. The molecule has 50 valence electrons. The molecule has 0 aromatic rings. The van der Waals surface area contributed by atoms with E-state index in [-0.39, 0.29) is 28.3 Å². The predicted molar refractivity (Wildman–Crippen MR) is 26.5 cm³/mol. The minimum Gasteiger partial charge on any atom is -1.00 e. The van der Waals surface area contributed by atoms with E-state index >= 15 is 0 Å². The Balaban J connectivity index is 0.000000490. The van der Waals surface area contributed by atoms with E-state index in [2.05, 4.69) is 5.73 Å².